The molecule has 2 rings (SSSR count). The lowest BCUT2D eigenvalue weighted by atomic mass is 9.82. The molecule has 0 saturated heterocycles. The summed E-state index contributed by atoms with van der Waals surface area (Å²) in [6, 6.07) is 0.199. The monoisotopic (exact) mass is 368 g/mol. The second-order valence-corrected chi connectivity index (χ2v) is 6.86. The minimum absolute atomic E-state index is 0. The second kappa shape index (κ2) is 10.4. The van der Waals surface area contributed by atoms with Gasteiger partial charge in [0.2, 0.25) is 5.91 Å². The highest BCUT2D eigenvalue weighted by molar-refractivity contribution is 5.81. The third-order valence-corrected chi connectivity index (χ3v) is 5.26. The molecule has 26 heavy (non-hydrogen) atoms. The normalized spacial score (nSPS) is 20.4. The molecule has 3 N–H and O–H groups in total. The first-order valence-electron chi connectivity index (χ1n) is 9.40. The van der Waals surface area contributed by atoms with E-state index in [0.29, 0.717) is 19.5 Å². The Balaban J connectivity index is 0. The molecule has 0 saturated carbocycles. The van der Waals surface area contributed by atoms with Crippen molar-refractivity contribution in [2.45, 2.75) is 59.9 Å². The van der Waals surface area contributed by atoms with Gasteiger partial charge in [-0.15, -0.1) is 0 Å². The highest BCUT2D eigenvalue weighted by Gasteiger charge is 2.28. The molecule has 2 unspecified atom stereocenters. The van der Waals surface area contributed by atoms with Gasteiger partial charge in [-0.2, -0.15) is 0 Å². The SMILES string of the molecule is C.CCC(CNC)N(CC)C(=O)NCC1CC=C(C)C2=C1CCC(=O)N2.[HH].[HH]. The molecule has 1 heterocycles. The average Bonchev–Trinajstić information content (AvgIpc) is 2.61. The molecule has 0 bridgehead atoms. The van der Waals surface area contributed by atoms with Crippen molar-refractivity contribution >= 4 is 11.9 Å². The Morgan fingerprint density at radius 2 is 2.15 bits per heavy atom. The van der Waals surface area contributed by atoms with Crippen LogP contribution in [0.3, 0.4) is 0 Å². The molecule has 1 aliphatic carbocycles. The number of nitrogens with zero attached hydrogens (tertiary/aromatic N) is 1. The third-order valence-electron chi connectivity index (χ3n) is 5.26. The molecule has 3 amide bonds. The van der Waals surface area contributed by atoms with Crippen molar-refractivity contribution < 1.29 is 12.4 Å². The Kier molecular flexibility index (Phi) is 8.85. The maximum Gasteiger partial charge on any atom is 0.317 e. The molecule has 2 aliphatic rings. The molecule has 1 aliphatic heterocycles. The van der Waals surface area contributed by atoms with E-state index in [1.165, 1.54) is 5.57 Å². The number of rotatable bonds is 7. The van der Waals surface area contributed by atoms with E-state index in [9.17, 15) is 9.59 Å². The molecule has 6 heteroatoms. The van der Waals surface area contributed by atoms with Crippen LogP contribution in [0.15, 0.2) is 22.9 Å². The standard InChI is InChI=1S/C19H32N4O2.CH4.2H2/c1-5-15(12-20-4)23(6-2)19(25)21-11-14-8-7-13(3)18-16(14)9-10-17(24)22-18;;;/h7,14-15,20H,5-6,8-12H2,1-4H3,(H,21,25)(H,22,24);1H4;2*1H. The highest BCUT2D eigenvalue weighted by Crippen LogP contribution is 2.33. The van der Waals surface area contributed by atoms with Crippen LogP contribution in [0, 0.1) is 5.92 Å². The van der Waals surface area contributed by atoms with Gasteiger partial charge in [-0.25, -0.2) is 4.79 Å². The largest absolute Gasteiger partial charge is 0.337 e. The first-order valence-corrected chi connectivity index (χ1v) is 9.40. The van der Waals surface area contributed by atoms with Gasteiger partial charge in [-0.1, -0.05) is 20.4 Å². The minimum Gasteiger partial charge on any atom is -0.337 e. The first kappa shape index (κ1) is 22.2. The summed E-state index contributed by atoms with van der Waals surface area (Å²) in [6.07, 6.45) is 5.34. The van der Waals surface area contributed by atoms with Crippen molar-refractivity contribution in [2.75, 3.05) is 26.7 Å². The van der Waals surface area contributed by atoms with E-state index >= 15 is 0 Å². The molecule has 0 aromatic rings. The van der Waals surface area contributed by atoms with Gasteiger partial charge in [-0.05, 0) is 51.3 Å². The van der Waals surface area contributed by atoms with Crippen molar-refractivity contribution in [3.63, 3.8) is 0 Å². The van der Waals surface area contributed by atoms with Gasteiger partial charge in [0.05, 0.1) is 0 Å². The van der Waals surface area contributed by atoms with Crippen LogP contribution in [0.5, 0.6) is 0 Å². The van der Waals surface area contributed by atoms with Crippen LogP contribution >= 0.6 is 0 Å². The number of urea groups is 1. The smallest absolute Gasteiger partial charge is 0.317 e. The average molecular weight is 369 g/mol. The van der Waals surface area contributed by atoms with Crippen LogP contribution in [0.4, 0.5) is 4.79 Å². The van der Waals surface area contributed by atoms with Crippen molar-refractivity contribution in [1.29, 1.82) is 0 Å². The number of likely N-dealkylation sites (N-methyl/N-ethyl adjacent to an activating group) is 2. The lowest BCUT2D eigenvalue weighted by Gasteiger charge is -2.33. The van der Waals surface area contributed by atoms with E-state index < -0.39 is 0 Å². The summed E-state index contributed by atoms with van der Waals surface area (Å²) in [5.74, 6) is 0.359. The molecule has 152 valence electrons. The first-order chi connectivity index (χ1) is 12.0. The number of carbonyl (C=O) groups is 2. The van der Waals surface area contributed by atoms with Crippen LogP contribution < -0.4 is 16.0 Å². The maximum atomic E-state index is 12.7. The van der Waals surface area contributed by atoms with Crippen LogP contribution in [0.2, 0.25) is 0 Å². The lowest BCUT2D eigenvalue weighted by molar-refractivity contribution is -0.120. The molecule has 0 aromatic heterocycles. The fraction of sp³-hybridized carbons (Fsp3) is 0.700. The zero-order valence-corrected chi connectivity index (χ0v) is 15.9. The zero-order chi connectivity index (χ0) is 18.4. The van der Waals surface area contributed by atoms with Gasteiger partial charge in [-0.3, -0.25) is 4.79 Å². The van der Waals surface area contributed by atoms with Crippen molar-refractivity contribution in [1.82, 2.24) is 20.9 Å². The number of amides is 3. The highest BCUT2D eigenvalue weighted by atomic mass is 16.2. The van der Waals surface area contributed by atoms with E-state index in [1.807, 2.05) is 25.8 Å². The molecule has 0 radical (unpaired) electrons. The molecule has 0 fully saturated rings. The predicted octanol–water partition coefficient (Wildman–Crippen LogP) is 3.27. The fourth-order valence-corrected chi connectivity index (χ4v) is 3.78. The summed E-state index contributed by atoms with van der Waals surface area (Å²) in [5, 5.41) is 9.29. The second-order valence-electron chi connectivity index (χ2n) is 6.86. The molecule has 2 atom stereocenters. The van der Waals surface area contributed by atoms with Crippen molar-refractivity contribution in [3.8, 4) is 0 Å². The van der Waals surface area contributed by atoms with Crippen molar-refractivity contribution in [3.05, 3.63) is 22.9 Å². The fourth-order valence-electron chi connectivity index (χ4n) is 3.78. The number of hydrogen-bond acceptors (Lipinski definition) is 3. The van der Waals surface area contributed by atoms with E-state index in [1.54, 1.807) is 0 Å². The van der Waals surface area contributed by atoms with E-state index in [-0.39, 0.29) is 34.2 Å². The van der Waals surface area contributed by atoms with E-state index in [0.717, 1.165) is 37.1 Å². The molecule has 6 nitrogen and oxygen atoms in total. The van der Waals surface area contributed by atoms with Gasteiger partial charge in [0.1, 0.15) is 0 Å². The van der Waals surface area contributed by atoms with Crippen LogP contribution in [0.1, 0.15) is 56.7 Å². The van der Waals surface area contributed by atoms with Gasteiger partial charge in [0.25, 0.3) is 0 Å². The predicted molar refractivity (Wildman–Crippen MR) is 111 cm³/mol. The van der Waals surface area contributed by atoms with Crippen LogP contribution in [-0.4, -0.2) is 49.6 Å². The number of allylic oxidation sites excluding steroid dienone is 2. The molecular weight excluding hydrogens is 328 g/mol. The summed E-state index contributed by atoms with van der Waals surface area (Å²) in [4.78, 5) is 26.2. The number of hydrogen-bond donors (Lipinski definition) is 3. The molecule has 0 spiro atoms. The minimum atomic E-state index is -0.00197. The Morgan fingerprint density at radius 1 is 1.42 bits per heavy atom. The topological polar surface area (TPSA) is 73.5 Å². The Hall–Kier alpha value is -1.82. The third kappa shape index (κ3) is 5.10. The van der Waals surface area contributed by atoms with Gasteiger partial charge in [0, 0.05) is 46.6 Å². The van der Waals surface area contributed by atoms with E-state index in [2.05, 4.69) is 29.0 Å². The van der Waals surface area contributed by atoms with Crippen LogP contribution in [-0.2, 0) is 4.79 Å². The van der Waals surface area contributed by atoms with Gasteiger partial charge >= 0.3 is 6.03 Å². The Bertz CT molecular complexity index is 579. The lowest BCUT2D eigenvalue weighted by Crippen LogP contribution is -2.50. The summed E-state index contributed by atoms with van der Waals surface area (Å²) in [7, 11) is 1.91. The van der Waals surface area contributed by atoms with Gasteiger partial charge in [0.15, 0.2) is 0 Å². The quantitative estimate of drug-likeness (QED) is 0.646. The van der Waals surface area contributed by atoms with Crippen LogP contribution in [0.25, 0.3) is 0 Å². The summed E-state index contributed by atoms with van der Waals surface area (Å²) in [6.45, 7) is 8.27. The summed E-state index contributed by atoms with van der Waals surface area (Å²) >= 11 is 0. The maximum absolute atomic E-state index is 12.7. The van der Waals surface area contributed by atoms with Gasteiger partial charge < -0.3 is 20.9 Å². The number of nitrogens with one attached hydrogen (secondary N) is 3. The summed E-state index contributed by atoms with van der Waals surface area (Å²) < 4.78 is 0. The molecule has 0 aromatic carbocycles. The summed E-state index contributed by atoms with van der Waals surface area (Å²) in [5.41, 5.74) is 3.40. The Morgan fingerprint density at radius 3 is 2.77 bits per heavy atom. The Labute approximate surface area is 161 Å². The van der Waals surface area contributed by atoms with Crippen molar-refractivity contribution in [2.24, 2.45) is 5.92 Å². The number of carbonyl (C=O) groups excluding carboxylic acids is 2. The zero-order valence-electron chi connectivity index (χ0n) is 15.9. The molecular formula is C20H40N4O2. The van der Waals surface area contributed by atoms with E-state index in [4.69, 9.17) is 0 Å².